The molecule has 27 heavy (non-hydrogen) atoms. The van der Waals surface area contributed by atoms with Gasteiger partial charge in [-0.25, -0.2) is 0 Å². The molecule has 0 aromatic heterocycles. The number of benzene rings is 1. The summed E-state index contributed by atoms with van der Waals surface area (Å²) in [7, 11) is -3.60. The first-order valence-electron chi connectivity index (χ1n) is 8.55. The number of piperazine rings is 1. The highest BCUT2D eigenvalue weighted by Gasteiger charge is 2.34. The van der Waals surface area contributed by atoms with Gasteiger partial charge in [0.1, 0.15) is 5.75 Å². The lowest BCUT2D eigenvalue weighted by atomic mass is 10.1. The van der Waals surface area contributed by atoms with E-state index in [-0.39, 0.29) is 37.5 Å². The number of alkyl halides is 2. The van der Waals surface area contributed by atoms with E-state index in [2.05, 4.69) is 4.74 Å². The van der Waals surface area contributed by atoms with E-state index >= 15 is 0 Å². The van der Waals surface area contributed by atoms with E-state index in [1.165, 1.54) is 31.7 Å². The van der Waals surface area contributed by atoms with Crippen molar-refractivity contribution in [3.05, 3.63) is 29.8 Å². The van der Waals surface area contributed by atoms with Gasteiger partial charge in [0.15, 0.2) is 0 Å². The molecular weight excluding hydrogens is 384 g/mol. The molecule has 0 radical (unpaired) electrons. The van der Waals surface area contributed by atoms with Gasteiger partial charge in [-0.1, -0.05) is 12.1 Å². The smallest absolute Gasteiger partial charge is 0.387 e. The maximum atomic E-state index is 12.7. The van der Waals surface area contributed by atoms with Crippen molar-refractivity contribution in [3.8, 4) is 5.75 Å². The van der Waals surface area contributed by atoms with E-state index in [9.17, 15) is 22.0 Å². The predicted molar refractivity (Wildman–Crippen MR) is 91.9 cm³/mol. The highest BCUT2D eigenvalue weighted by Crippen LogP contribution is 2.23. The van der Waals surface area contributed by atoms with Crippen molar-refractivity contribution < 1.29 is 31.5 Å². The van der Waals surface area contributed by atoms with Crippen molar-refractivity contribution in [1.29, 1.82) is 0 Å². The summed E-state index contributed by atoms with van der Waals surface area (Å²) in [5.74, 6) is -0.657. The van der Waals surface area contributed by atoms with E-state index in [1.807, 2.05) is 0 Å². The number of ether oxygens (including phenoxy) is 2. The number of carbonyl (C=O) groups excluding carboxylic acids is 1. The molecule has 1 aromatic rings. The fourth-order valence-electron chi connectivity index (χ4n) is 3.07. The molecule has 150 valence electrons. The van der Waals surface area contributed by atoms with E-state index in [0.717, 1.165) is 0 Å². The van der Waals surface area contributed by atoms with Gasteiger partial charge in [-0.2, -0.15) is 25.8 Å². The number of hydrogen-bond acceptors (Lipinski definition) is 5. The molecule has 11 heteroatoms. The zero-order chi connectivity index (χ0) is 19.4. The third kappa shape index (κ3) is 4.54. The summed E-state index contributed by atoms with van der Waals surface area (Å²) in [6.07, 6.45) is 0. The van der Waals surface area contributed by atoms with Gasteiger partial charge in [-0.3, -0.25) is 4.79 Å². The average molecular weight is 405 g/mol. The van der Waals surface area contributed by atoms with Gasteiger partial charge in [0.2, 0.25) is 0 Å². The van der Waals surface area contributed by atoms with E-state index in [1.54, 1.807) is 6.07 Å². The van der Waals surface area contributed by atoms with Crippen LogP contribution in [0.1, 0.15) is 10.4 Å². The Morgan fingerprint density at radius 3 is 2.22 bits per heavy atom. The normalized spacial score (nSPS) is 20.0. The van der Waals surface area contributed by atoms with Crippen LogP contribution < -0.4 is 4.74 Å². The van der Waals surface area contributed by atoms with Crippen LogP contribution in [0.15, 0.2) is 24.3 Å². The molecule has 0 bridgehead atoms. The molecule has 8 nitrogen and oxygen atoms in total. The van der Waals surface area contributed by atoms with Gasteiger partial charge in [0, 0.05) is 39.3 Å². The molecule has 2 heterocycles. The second-order valence-corrected chi connectivity index (χ2v) is 8.01. The topological polar surface area (TPSA) is 79.4 Å². The second-order valence-electron chi connectivity index (χ2n) is 6.09. The lowest BCUT2D eigenvalue weighted by molar-refractivity contribution is -0.0503. The highest BCUT2D eigenvalue weighted by molar-refractivity contribution is 7.86. The maximum Gasteiger partial charge on any atom is 0.387 e. The van der Waals surface area contributed by atoms with Gasteiger partial charge in [-0.05, 0) is 12.1 Å². The molecule has 0 spiro atoms. The van der Waals surface area contributed by atoms with Crippen molar-refractivity contribution in [1.82, 2.24) is 13.5 Å². The van der Waals surface area contributed by atoms with Crippen LogP contribution in [0.2, 0.25) is 0 Å². The van der Waals surface area contributed by atoms with Crippen LogP contribution in [0.5, 0.6) is 5.75 Å². The first-order chi connectivity index (χ1) is 12.9. The minimum atomic E-state index is -3.60. The molecule has 0 aliphatic carbocycles. The van der Waals surface area contributed by atoms with Crippen LogP contribution >= 0.6 is 0 Å². The van der Waals surface area contributed by atoms with Crippen molar-refractivity contribution in [2.24, 2.45) is 0 Å². The quantitative estimate of drug-likeness (QED) is 0.718. The Kier molecular flexibility index (Phi) is 6.25. The Balaban J connectivity index is 1.65. The van der Waals surface area contributed by atoms with Gasteiger partial charge in [0.25, 0.3) is 16.1 Å². The number of amides is 1. The summed E-state index contributed by atoms with van der Waals surface area (Å²) in [6, 6.07) is 5.78. The van der Waals surface area contributed by atoms with Crippen LogP contribution in [0.25, 0.3) is 0 Å². The minimum Gasteiger partial charge on any atom is -0.434 e. The summed E-state index contributed by atoms with van der Waals surface area (Å²) >= 11 is 0. The highest BCUT2D eigenvalue weighted by atomic mass is 32.2. The fourth-order valence-corrected chi connectivity index (χ4v) is 4.64. The number of morpholine rings is 1. The molecule has 2 aliphatic heterocycles. The molecule has 0 atom stereocenters. The van der Waals surface area contributed by atoms with E-state index < -0.39 is 22.7 Å². The number of nitrogens with zero attached hydrogens (tertiary/aromatic N) is 3. The van der Waals surface area contributed by atoms with Gasteiger partial charge >= 0.3 is 6.61 Å². The Morgan fingerprint density at radius 1 is 1.00 bits per heavy atom. The van der Waals surface area contributed by atoms with Crippen LogP contribution in [-0.4, -0.2) is 86.9 Å². The Morgan fingerprint density at radius 2 is 1.59 bits per heavy atom. The first-order valence-corrected chi connectivity index (χ1v) is 9.95. The van der Waals surface area contributed by atoms with Crippen molar-refractivity contribution >= 4 is 16.1 Å². The Labute approximate surface area is 156 Å². The average Bonchev–Trinajstić information content (AvgIpc) is 2.68. The van der Waals surface area contributed by atoms with Gasteiger partial charge in [-0.15, -0.1) is 0 Å². The summed E-state index contributed by atoms with van der Waals surface area (Å²) in [5.41, 5.74) is 0.0299. The van der Waals surface area contributed by atoms with E-state index in [4.69, 9.17) is 4.74 Å². The van der Waals surface area contributed by atoms with Crippen molar-refractivity contribution in [2.45, 2.75) is 6.61 Å². The fraction of sp³-hybridized carbons (Fsp3) is 0.562. The lowest BCUT2D eigenvalue weighted by Gasteiger charge is -2.37. The third-order valence-electron chi connectivity index (χ3n) is 4.48. The molecule has 0 unspecified atom stereocenters. The Hall–Kier alpha value is -1.82. The standard InChI is InChI=1S/C16H21F2N3O5S/c17-16(18)26-14-4-2-1-3-13(14)15(22)19-5-7-20(8-6-19)27(23,24)21-9-11-25-12-10-21/h1-4,16H,5-12H2. The molecule has 2 saturated heterocycles. The summed E-state index contributed by atoms with van der Waals surface area (Å²) in [5, 5.41) is 0. The number of para-hydroxylation sites is 1. The number of halogens is 2. The lowest BCUT2D eigenvalue weighted by Crippen LogP contribution is -2.55. The van der Waals surface area contributed by atoms with Crippen LogP contribution in [0.3, 0.4) is 0 Å². The SMILES string of the molecule is O=C(c1ccccc1OC(F)F)N1CCN(S(=O)(=O)N2CCOCC2)CC1. The summed E-state index contributed by atoms with van der Waals surface area (Å²) in [6.45, 7) is -1.07. The molecule has 0 saturated carbocycles. The summed E-state index contributed by atoms with van der Waals surface area (Å²) < 4.78 is 62.7. The van der Waals surface area contributed by atoms with Crippen molar-refractivity contribution in [3.63, 3.8) is 0 Å². The molecule has 3 rings (SSSR count). The zero-order valence-electron chi connectivity index (χ0n) is 14.6. The minimum absolute atomic E-state index is 0.0299. The van der Waals surface area contributed by atoms with Crippen molar-refractivity contribution in [2.75, 3.05) is 52.5 Å². The molecule has 1 amide bonds. The Bertz CT molecular complexity index is 763. The van der Waals surface area contributed by atoms with Crippen LogP contribution in [-0.2, 0) is 14.9 Å². The molecular formula is C16H21F2N3O5S. The van der Waals surface area contributed by atoms with Gasteiger partial charge < -0.3 is 14.4 Å². The van der Waals surface area contributed by atoms with Gasteiger partial charge in [0.05, 0.1) is 18.8 Å². The zero-order valence-corrected chi connectivity index (χ0v) is 15.4. The molecule has 0 N–H and O–H groups in total. The number of hydrogen-bond donors (Lipinski definition) is 0. The molecule has 2 fully saturated rings. The maximum absolute atomic E-state index is 12.7. The predicted octanol–water partition coefficient (Wildman–Crippen LogP) is 0.623. The molecule has 1 aromatic carbocycles. The largest absolute Gasteiger partial charge is 0.434 e. The monoisotopic (exact) mass is 405 g/mol. The summed E-state index contributed by atoms with van der Waals surface area (Å²) in [4.78, 5) is 14.1. The molecule has 2 aliphatic rings. The van der Waals surface area contributed by atoms with Crippen LogP contribution in [0, 0.1) is 0 Å². The first kappa shape index (κ1) is 19.9. The number of rotatable bonds is 5. The third-order valence-corrected chi connectivity index (χ3v) is 6.52. The van der Waals surface area contributed by atoms with E-state index in [0.29, 0.717) is 26.3 Å². The number of carbonyl (C=O) groups is 1. The van der Waals surface area contributed by atoms with Crippen LogP contribution in [0.4, 0.5) is 8.78 Å². The second kappa shape index (κ2) is 8.46.